The van der Waals surface area contributed by atoms with Gasteiger partial charge in [0.2, 0.25) is 5.91 Å². The third-order valence-corrected chi connectivity index (χ3v) is 5.80. The lowest BCUT2D eigenvalue weighted by atomic mass is 10.2. The molecule has 0 bridgehead atoms. The standard InChI is InChI=1S/C20H30N4O4S/c1-20(2,3)28-19(26)24-9-14(27-10-12-4-5-12)7-16(24)18(25)23-8-15-6-13(11-29-15)17(21)22/h6,11-12,14,16H,4-5,7-10H2,1-3H3,(H3,21,22)(H,23,25)/t14-,16+/m1/s1. The largest absolute Gasteiger partial charge is 0.444 e. The normalized spacial score (nSPS) is 21.8. The van der Waals surface area contributed by atoms with E-state index in [1.807, 2.05) is 0 Å². The van der Waals surface area contributed by atoms with Crippen molar-refractivity contribution < 1.29 is 19.1 Å². The molecule has 2 heterocycles. The number of carbonyl (C=O) groups excluding carboxylic acids is 2. The van der Waals surface area contributed by atoms with Gasteiger partial charge in [0.25, 0.3) is 0 Å². The van der Waals surface area contributed by atoms with Crippen molar-refractivity contribution in [2.24, 2.45) is 11.7 Å². The molecule has 1 saturated carbocycles. The quantitative estimate of drug-likeness (QED) is 0.461. The molecule has 160 valence electrons. The molecule has 0 radical (unpaired) electrons. The van der Waals surface area contributed by atoms with E-state index in [4.69, 9.17) is 20.6 Å². The van der Waals surface area contributed by atoms with Crippen LogP contribution in [0.1, 0.15) is 50.5 Å². The maximum Gasteiger partial charge on any atom is 0.411 e. The van der Waals surface area contributed by atoms with Gasteiger partial charge >= 0.3 is 6.09 Å². The molecule has 4 N–H and O–H groups in total. The highest BCUT2D eigenvalue weighted by Gasteiger charge is 2.42. The van der Waals surface area contributed by atoms with E-state index in [-0.39, 0.29) is 17.8 Å². The molecule has 2 aliphatic rings. The van der Waals surface area contributed by atoms with Crippen LogP contribution in [0.3, 0.4) is 0 Å². The van der Waals surface area contributed by atoms with Crippen LogP contribution in [0.2, 0.25) is 0 Å². The fraction of sp³-hybridized carbons (Fsp3) is 0.650. The number of hydrogen-bond acceptors (Lipinski definition) is 6. The predicted octanol–water partition coefficient (Wildman–Crippen LogP) is 2.45. The fourth-order valence-corrected chi connectivity index (χ4v) is 3.98. The molecule has 3 rings (SSSR count). The van der Waals surface area contributed by atoms with Gasteiger partial charge in [-0.2, -0.15) is 0 Å². The molecule has 1 aliphatic heterocycles. The number of rotatable bonds is 7. The van der Waals surface area contributed by atoms with E-state index in [1.54, 1.807) is 32.2 Å². The number of amidine groups is 1. The summed E-state index contributed by atoms with van der Waals surface area (Å²) in [5.41, 5.74) is 5.49. The molecule has 2 fully saturated rings. The van der Waals surface area contributed by atoms with Crippen molar-refractivity contribution >= 4 is 29.2 Å². The van der Waals surface area contributed by atoms with E-state index in [1.165, 1.54) is 29.1 Å². The highest BCUT2D eigenvalue weighted by molar-refractivity contribution is 7.10. The number of nitrogens with zero attached hydrogens (tertiary/aromatic N) is 1. The van der Waals surface area contributed by atoms with Gasteiger partial charge in [-0.25, -0.2) is 4.79 Å². The van der Waals surface area contributed by atoms with Gasteiger partial charge in [-0.1, -0.05) is 0 Å². The van der Waals surface area contributed by atoms with Crippen molar-refractivity contribution in [1.82, 2.24) is 10.2 Å². The van der Waals surface area contributed by atoms with E-state index in [0.717, 1.165) is 4.88 Å². The average molecular weight is 423 g/mol. The van der Waals surface area contributed by atoms with Gasteiger partial charge in [0, 0.05) is 28.8 Å². The molecule has 9 heteroatoms. The SMILES string of the molecule is CC(C)(C)OC(=O)N1C[C@H](OCC2CC2)C[C@H]1C(=O)NCc1cc(C(=N)N)cs1. The van der Waals surface area contributed by atoms with E-state index >= 15 is 0 Å². The van der Waals surface area contributed by atoms with Crippen LogP contribution in [0.15, 0.2) is 11.4 Å². The number of hydrogen-bond donors (Lipinski definition) is 3. The van der Waals surface area contributed by atoms with Gasteiger partial charge in [0.05, 0.1) is 19.2 Å². The van der Waals surface area contributed by atoms with E-state index in [0.29, 0.717) is 37.6 Å². The number of carbonyl (C=O) groups is 2. The molecule has 29 heavy (non-hydrogen) atoms. The summed E-state index contributed by atoms with van der Waals surface area (Å²) in [6, 6.07) is 1.16. The van der Waals surface area contributed by atoms with Gasteiger partial charge in [0.15, 0.2) is 0 Å². The first-order valence-electron chi connectivity index (χ1n) is 9.93. The molecular weight excluding hydrogens is 392 g/mol. The van der Waals surface area contributed by atoms with E-state index in [9.17, 15) is 9.59 Å². The first-order valence-corrected chi connectivity index (χ1v) is 10.8. The van der Waals surface area contributed by atoms with Gasteiger partial charge in [-0.3, -0.25) is 15.1 Å². The Morgan fingerprint density at radius 2 is 2.10 bits per heavy atom. The summed E-state index contributed by atoms with van der Waals surface area (Å²) >= 11 is 1.43. The predicted molar refractivity (Wildman–Crippen MR) is 111 cm³/mol. The van der Waals surface area contributed by atoms with Crippen LogP contribution < -0.4 is 11.1 Å². The molecule has 1 aromatic rings. The molecule has 1 aliphatic carbocycles. The Morgan fingerprint density at radius 3 is 2.69 bits per heavy atom. The number of ether oxygens (including phenoxy) is 2. The third kappa shape index (κ3) is 6.17. The summed E-state index contributed by atoms with van der Waals surface area (Å²) in [7, 11) is 0. The Kier molecular flexibility index (Phi) is 6.48. The second-order valence-electron chi connectivity index (χ2n) is 8.72. The second-order valence-corrected chi connectivity index (χ2v) is 9.71. The number of likely N-dealkylation sites (tertiary alicyclic amines) is 1. The number of nitrogens with one attached hydrogen (secondary N) is 2. The Morgan fingerprint density at radius 1 is 1.38 bits per heavy atom. The minimum Gasteiger partial charge on any atom is -0.444 e. The molecule has 1 saturated heterocycles. The van der Waals surface area contributed by atoms with Gasteiger partial charge in [-0.15, -0.1) is 11.3 Å². The fourth-order valence-electron chi connectivity index (χ4n) is 3.15. The Balaban J connectivity index is 1.61. The first-order chi connectivity index (χ1) is 13.6. The highest BCUT2D eigenvalue weighted by atomic mass is 32.1. The molecule has 0 spiro atoms. The van der Waals surface area contributed by atoms with Crippen LogP contribution in [-0.4, -0.2) is 53.6 Å². The summed E-state index contributed by atoms with van der Waals surface area (Å²) in [5, 5.41) is 12.1. The lowest BCUT2D eigenvalue weighted by Crippen LogP contribution is -2.47. The smallest absolute Gasteiger partial charge is 0.411 e. The van der Waals surface area contributed by atoms with Crippen molar-refractivity contribution in [3.63, 3.8) is 0 Å². The summed E-state index contributed by atoms with van der Waals surface area (Å²) in [6.07, 6.45) is 2.18. The van der Waals surface area contributed by atoms with Crippen molar-refractivity contribution in [1.29, 1.82) is 5.41 Å². The minimum absolute atomic E-state index is 0.00127. The van der Waals surface area contributed by atoms with Crippen LogP contribution in [0.25, 0.3) is 0 Å². The molecular formula is C20H30N4O4S. The summed E-state index contributed by atoms with van der Waals surface area (Å²) in [5.74, 6) is 0.389. The zero-order chi connectivity index (χ0) is 21.2. The van der Waals surface area contributed by atoms with Crippen molar-refractivity contribution in [2.45, 2.75) is 64.3 Å². The van der Waals surface area contributed by atoms with Crippen LogP contribution in [0, 0.1) is 11.3 Å². The zero-order valence-electron chi connectivity index (χ0n) is 17.2. The summed E-state index contributed by atoms with van der Waals surface area (Å²) in [4.78, 5) is 27.9. The van der Waals surface area contributed by atoms with Gasteiger partial charge in [-0.05, 0) is 45.6 Å². The third-order valence-electron chi connectivity index (χ3n) is 4.86. The van der Waals surface area contributed by atoms with Crippen LogP contribution in [0.4, 0.5) is 4.79 Å². The number of nitrogen functional groups attached to an aromatic ring is 1. The topological polar surface area (TPSA) is 118 Å². The molecule has 8 nitrogen and oxygen atoms in total. The Labute approximate surface area is 175 Å². The summed E-state index contributed by atoms with van der Waals surface area (Å²) < 4.78 is 11.4. The van der Waals surface area contributed by atoms with Crippen molar-refractivity contribution in [3.8, 4) is 0 Å². The lowest BCUT2D eigenvalue weighted by Gasteiger charge is -2.27. The minimum atomic E-state index is -0.634. The molecule has 1 aromatic heterocycles. The summed E-state index contributed by atoms with van der Waals surface area (Å²) in [6.45, 7) is 6.78. The van der Waals surface area contributed by atoms with Crippen LogP contribution in [0.5, 0.6) is 0 Å². The average Bonchev–Trinajstić information content (AvgIpc) is 3.16. The Bertz CT molecular complexity index is 769. The maximum atomic E-state index is 12.9. The molecule has 0 unspecified atom stereocenters. The van der Waals surface area contributed by atoms with E-state index < -0.39 is 17.7 Å². The number of amides is 2. The van der Waals surface area contributed by atoms with Crippen molar-refractivity contribution in [3.05, 3.63) is 21.9 Å². The molecule has 0 aromatic carbocycles. The zero-order valence-corrected chi connectivity index (χ0v) is 18.0. The monoisotopic (exact) mass is 422 g/mol. The molecule has 2 amide bonds. The highest BCUT2D eigenvalue weighted by Crippen LogP contribution is 2.31. The van der Waals surface area contributed by atoms with Crippen molar-refractivity contribution in [2.75, 3.05) is 13.2 Å². The Hall–Kier alpha value is -2.13. The maximum absolute atomic E-state index is 12.9. The van der Waals surface area contributed by atoms with Gasteiger partial charge in [0.1, 0.15) is 17.5 Å². The number of thiophene rings is 1. The van der Waals surface area contributed by atoms with Gasteiger partial charge < -0.3 is 20.5 Å². The van der Waals surface area contributed by atoms with Crippen LogP contribution in [-0.2, 0) is 20.8 Å². The molecule has 2 atom stereocenters. The number of nitrogens with two attached hydrogens (primary N) is 1. The first kappa shape index (κ1) is 21.6. The van der Waals surface area contributed by atoms with E-state index in [2.05, 4.69) is 5.32 Å². The lowest BCUT2D eigenvalue weighted by molar-refractivity contribution is -0.125. The van der Waals surface area contributed by atoms with Crippen LogP contribution >= 0.6 is 11.3 Å². The second kappa shape index (κ2) is 8.71.